The van der Waals surface area contributed by atoms with Crippen LogP contribution in [0.25, 0.3) is 0 Å². The number of hydrogen-bond donors (Lipinski definition) is 1. The normalized spacial score (nSPS) is 12.0. The summed E-state index contributed by atoms with van der Waals surface area (Å²) in [5.74, 6) is 0.818. The molecule has 4 heteroatoms. The van der Waals surface area contributed by atoms with Gasteiger partial charge in [-0.25, -0.2) is 0 Å². The Bertz CT molecular complexity index is 538. The maximum Gasteiger partial charge on any atom is 0.120 e. The fourth-order valence-corrected chi connectivity index (χ4v) is 1.81. The van der Waals surface area contributed by atoms with Gasteiger partial charge in [0, 0.05) is 18.8 Å². The van der Waals surface area contributed by atoms with Crippen molar-refractivity contribution in [2.75, 3.05) is 19.1 Å². The first-order chi connectivity index (χ1) is 9.11. The molecule has 4 nitrogen and oxygen atoms in total. The van der Waals surface area contributed by atoms with Crippen LogP contribution in [0.3, 0.4) is 0 Å². The second-order valence-electron chi connectivity index (χ2n) is 4.38. The Labute approximate surface area is 113 Å². The fourth-order valence-electron chi connectivity index (χ4n) is 1.81. The molecule has 2 rings (SSSR count). The fraction of sp³-hybridized carbons (Fsp3) is 0.267. The van der Waals surface area contributed by atoms with Crippen LogP contribution in [-0.4, -0.2) is 24.2 Å². The van der Waals surface area contributed by atoms with Gasteiger partial charge in [-0.2, -0.15) is 0 Å². The van der Waals surface area contributed by atoms with Gasteiger partial charge >= 0.3 is 0 Å². The van der Waals surface area contributed by atoms with E-state index in [0.717, 1.165) is 17.1 Å². The number of anilines is 2. The number of methoxy groups -OCH3 is 1. The zero-order valence-corrected chi connectivity index (χ0v) is 11.4. The number of pyridine rings is 1. The zero-order chi connectivity index (χ0) is 13.8. The van der Waals surface area contributed by atoms with Crippen LogP contribution in [0.5, 0.6) is 5.75 Å². The van der Waals surface area contributed by atoms with Gasteiger partial charge in [0.2, 0.25) is 0 Å². The Hall–Kier alpha value is -2.07. The number of aliphatic hydroxyl groups is 1. The molecule has 0 aliphatic carbocycles. The first-order valence-electron chi connectivity index (χ1n) is 6.13. The van der Waals surface area contributed by atoms with Crippen LogP contribution in [-0.2, 0) is 0 Å². The number of rotatable bonds is 4. The van der Waals surface area contributed by atoms with E-state index in [9.17, 15) is 5.11 Å². The molecule has 0 saturated heterocycles. The van der Waals surface area contributed by atoms with Gasteiger partial charge in [-0.1, -0.05) is 6.07 Å². The number of ether oxygens (including phenoxy) is 1. The second-order valence-corrected chi connectivity index (χ2v) is 4.38. The molecular formula is C15H18N2O2. The van der Waals surface area contributed by atoms with Gasteiger partial charge < -0.3 is 14.7 Å². The van der Waals surface area contributed by atoms with E-state index in [2.05, 4.69) is 4.98 Å². The van der Waals surface area contributed by atoms with E-state index in [-0.39, 0.29) is 0 Å². The van der Waals surface area contributed by atoms with E-state index in [4.69, 9.17) is 4.74 Å². The van der Waals surface area contributed by atoms with Crippen molar-refractivity contribution in [2.45, 2.75) is 13.0 Å². The van der Waals surface area contributed by atoms with E-state index in [0.29, 0.717) is 5.69 Å². The monoisotopic (exact) mass is 258 g/mol. The smallest absolute Gasteiger partial charge is 0.120 e. The Balaban J connectivity index is 2.25. The predicted molar refractivity (Wildman–Crippen MR) is 75.9 cm³/mol. The molecule has 0 fully saturated rings. The van der Waals surface area contributed by atoms with Gasteiger partial charge in [-0.15, -0.1) is 0 Å². The summed E-state index contributed by atoms with van der Waals surface area (Å²) in [4.78, 5) is 6.26. The Morgan fingerprint density at radius 2 is 2.00 bits per heavy atom. The first kappa shape index (κ1) is 13.4. The summed E-state index contributed by atoms with van der Waals surface area (Å²) in [5.41, 5.74) is 2.64. The minimum Gasteiger partial charge on any atom is -0.497 e. The van der Waals surface area contributed by atoms with E-state index < -0.39 is 6.10 Å². The van der Waals surface area contributed by atoms with Gasteiger partial charge in [0.25, 0.3) is 0 Å². The van der Waals surface area contributed by atoms with Crippen LogP contribution in [0, 0.1) is 0 Å². The summed E-state index contributed by atoms with van der Waals surface area (Å²) in [6, 6.07) is 11.6. The highest BCUT2D eigenvalue weighted by molar-refractivity contribution is 5.63. The summed E-state index contributed by atoms with van der Waals surface area (Å²) in [7, 11) is 3.62. The van der Waals surface area contributed by atoms with Crippen molar-refractivity contribution >= 4 is 11.4 Å². The quantitative estimate of drug-likeness (QED) is 0.916. The van der Waals surface area contributed by atoms with Crippen LogP contribution in [0.4, 0.5) is 11.4 Å². The Kier molecular flexibility index (Phi) is 4.02. The predicted octanol–water partition coefficient (Wildman–Crippen LogP) is 2.91. The topological polar surface area (TPSA) is 45.6 Å². The van der Waals surface area contributed by atoms with Crippen molar-refractivity contribution in [1.29, 1.82) is 0 Å². The van der Waals surface area contributed by atoms with E-state index in [1.807, 2.05) is 48.3 Å². The summed E-state index contributed by atoms with van der Waals surface area (Å²) in [6.45, 7) is 1.70. The second kappa shape index (κ2) is 5.71. The zero-order valence-electron chi connectivity index (χ0n) is 11.4. The highest BCUT2D eigenvalue weighted by Crippen LogP contribution is 2.26. The van der Waals surface area contributed by atoms with E-state index in [1.54, 1.807) is 20.2 Å². The lowest BCUT2D eigenvalue weighted by Crippen LogP contribution is -2.10. The summed E-state index contributed by atoms with van der Waals surface area (Å²) < 4.78 is 5.22. The number of hydrogen-bond acceptors (Lipinski definition) is 4. The number of benzene rings is 1. The molecule has 19 heavy (non-hydrogen) atoms. The summed E-state index contributed by atoms with van der Waals surface area (Å²) in [5, 5.41) is 9.45. The molecule has 0 radical (unpaired) electrons. The lowest BCUT2D eigenvalue weighted by Gasteiger charge is -2.20. The van der Waals surface area contributed by atoms with Crippen molar-refractivity contribution in [1.82, 2.24) is 4.98 Å². The Morgan fingerprint density at radius 1 is 1.21 bits per heavy atom. The molecule has 0 spiro atoms. The minimum atomic E-state index is -0.545. The van der Waals surface area contributed by atoms with Gasteiger partial charge in [-0.05, 0) is 31.2 Å². The van der Waals surface area contributed by atoms with Crippen molar-refractivity contribution in [3.05, 3.63) is 48.3 Å². The van der Waals surface area contributed by atoms with Gasteiger partial charge in [0.15, 0.2) is 0 Å². The maximum atomic E-state index is 9.45. The largest absolute Gasteiger partial charge is 0.497 e. The third kappa shape index (κ3) is 3.03. The first-order valence-corrected chi connectivity index (χ1v) is 6.13. The lowest BCUT2D eigenvalue weighted by atomic mass is 10.2. The van der Waals surface area contributed by atoms with Crippen molar-refractivity contribution in [3.63, 3.8) is 0 Å². The van der Waals surface area contributed by atoms with E-state index >= 15 is 0 Å². The van der Waals surface area contributed by atoms with Crippen molar-refractivity contribution in [3.8, 4) is 5.75 Å². The molecule has 1 heterocycles. The number of aliphatic hydroxyl groups excluding tert-OH is 1. The van der Waals surface area contributed by atoms with Gasteiger partial charge in [0.05, 0.1) is 30.8 Å². The summed E-state index contributed by atoms with van der Waals surface area (Å²) >= 11 is 0. The van der Waals surface area contributed by atoms with Crippen LogP contribution in [0.2, 0.25) is 0 Å². The molecule has 0 saturated carbocycles. The van der Waals surface area contributed by atoms with Crippen molar-refractivity contribution in [2.24, 2.45) is 0 Å². The SMILES string of the molecule is COc1cccc(N(C)c2ccc([C@@H](C)O)nc2)c1. The maximum absolute atomic E-state index is 9.45. The van der Waals surface area contributed by atoms with Crippen LogP contribution < -0.4 is 9.64 Å². The molecule has 1 N–H and O–H groups in total. The molecule has 0 bridgehead atoms. The average Bonchev–Trinajstić information content (AvgIpc) is 2.46. The average molecular weight is 258 g/mol. The third-order valence-electron chi connectivity index (χ3n) is 3.03. The van der Waals surface area contributed by atoms with E-state index in [1.165, 1.54) is 0 Å². The number of nitrogens with zero attached hydrogens (tertiary/aromatic N) is 2. The third-order valence-corrected chi connectivity index (χ3v) is 3.03. The standard InChI is InChI=1S/C15H18N2O2/c1-11(18)15-8-7-13(10-16-15)17(2)12-5-4-6-14(9-12)19-3/h4-11,18H,1-3H3/t11-/m1/s1. The molecule has 0 amide bonds. The van der Waals surface area contributed by atoms with Gasteiger partial charge in [-0.3, -0.25) is 4.98 Å². The molecule has 1 aromatic heterocycles. The molecular weight excluding hydrogens is 240 g/mol. The molecule has 2 aromatic rings. The lowest BCUT2D eigenvalue weighted by molar-refractivity contribution is 0.194. The number of aromatic nitrogens is 1. The molecule has 0 aliphatic heterocycles. The highest BCUT2D eigenvalue weighted by Gasteiger charge is 2.07. The molecule has 0 aliphatic rings. The Morgan fingerprint density at radius 3 is 2.58 bits per heavy atom. The molecule has 100 valence electrons. The van der Waals surface area contributed by atoms with Crippen LogP contribution in [0.15, 0.2) is 42.6 Å². The minimum absolute atomic E-state index is 0.545. The summed E-state index contributed by atoms with van der Waals surface area (Å²) in [6.07, 6.45) is 1.21. The van der Waals surface area contributed by atoms with Crippen LogP contribution >= 0.6 is 0 Å². The van der Waals surface area contributed by atoms with Crippen LogP contribution in [0.1, 0.15) is 18.7 Å². The molecule has 1 aromatic carbocycles. The van der Waals surface area contributed by atoms with Crippen molar-refractivity contribution < 1.29 is 9.84 Å². The van der Waals surface area contributed by atoms with Gasteiger partial charge in [0.1, 0.15) is 5.75 Å². The highest BCUT2D eigenvalue weighted by atomic mass is 16.5. The molecule has 1 atom stereocenters. The molecule has 0 unspecified atom stereocenters.